The fourth-order valence-electron chi connectivity index (χ4n) is 1.91. The molecule has 0 unspecified atom stereocenters. The molecule has 0 atom stereocenters. The van der Waals surface area contributed by atoms with Crippen LogP contribution < -0.4 is 5.11 Å². The summed E-state index contributed by atoms with van der Waals surface area (Å²) < 4.78 is 1.02. The molecule has 0 aliphatic carbocycles. The van der Waals surface area contributed by atoms with Crippen molar-refractivity contribution in [2.75, 3.05) is 0 Å². The number of carbonyl (C=O) groups is 1. The van der Waals surface area contributed by atoms with Crippen molar-refractivity contribution in [3.05, 3.63) is 61.0 Å². The number of nitrogens with zero attached hydrogens (tertiary/aromatic N) is 1. The van der Waals surface area contributed by atoms with Gasteiger partial charge in [0.2, 0.25) is 0 Å². The predicted octanol–water partition coefficient (Wildman–Crippen LogP) is 4.17. The van der Waals surface area contributed by atoms with Gasteiger partial charge in [-0.05, 0) is 34.1 Å². The molecule has 0 amide bonds. The van der Waals surface area contributed by atoms with E-state index in [1.54, 1.807) is 11.3 Å². The van der Waals surface area contributed by atoms with Gasteiger partial charge in [0.15, 0.2) is 0 Å². The minimum atomic E-state index is -1.20. The molecule has 0 bridgehead atoms. The highest BCUT2D eigenvalue weighted by Gasteiger charge is 2.12. The molecule has 1 aromatic carbocycles. The first-order valence-corrected chi connectivity index (χ1v) is 8.82. The van der Waals surface area contributed by atoms with Crippen LogP contribution in [0.15, 0.2) is 46.3 Å². The monoisotopic (exact) mass is 390 g/mol. The van der Waals surface area contributed by atoms with Gasteiger partial charge in [-0.2, -0.15) is 0 Å². The van der Waals surface area contributed by atoms with Gasteiger partial charge in [0.1, 0.15) is 5.01 Å². The average Bonchev–Trinajstić information content (AvgIpc) is 3.12. The summed E-state index contributed by atoms with van der Waals surface area (Å²) >= 11 is 6.12. The molecule has 110 valence electrons. The van der Waals surface area contributed by atoms with Gasteiger partial charge < -0.3 is 9.90 Å². The second-order valence-corrected chi connectivity index (χ2v) is 7.27. The maximum absolute atomic E-state index is 11.3. The Balaban J connectivity index is 1.97. The maximum Gasteiger partial charge on any atom is 0.117 e. The molecular formula is C16H9BrNO2S2-. The van der Waals surface area contributed by atoms with E-state index in [0.717, 1.165) is 26.3 Å². The van der Waals surface area contributed by atoms with Crippen LogP contribution in [0.3, 0.4) is 0 Å². The number of aromatic nitrogens is 1. The first kappa shape index (κ1) is 15.1. The second-order valence-electron chi connectivity index (χ2n) is 4.38. The molecule has 6 heteroatoms. The molecule has 3 aromatic rings. The van der Waals surface area contributed by atoms with E-state index in [1.165, 1.54) is 0 Å². The SMILES string of the molecule is O=C([O-])c1sc(/C=C/c2cc(Br)cs2)nc1-c1ccccc1. The van der Waals surface area contributed by atoms with E-state index < -0.39 is 5.97 Å². The van der Waals surface area contributed by atoms with Gasteiger partial charge in [0.05, 0.1) is 16.5 Å². The molecule has 0 aliphatic rings. The number of carbonyl (C=O) groups excluding carboxylic acids is 1. The molecular weight excluding hydrogens is 382 g/mol. The maximum atomic E-state index is 11.3. The number of hydrogen-bond donors (Lipinski definition) is 0. The lowest BCUT2D eigenvalue weighted by Gasteiger charge is -2.01. The summed E-state index contributed by atoms with van der Waals surface area (Å²) in [6.07, 6.45) is 3.74. The molecule has 0 spiro atoms. The molecule has 0 radical (unpaired) electrons. The zero-order valence-electron chi connectivity index (χ0n) is 11.2. The summed E-state index contributed by atoms with van der Waals surface area (Å²) in [6.45, 7) is 0. The summed E-state index contributed by atoms with van der Waals surface area (Å²) in [5, 5.41) is 13.9. The quantitative estimate of drug-likeness (QED) is 0.671. The van der Waals surface area contributed by atoms with E-state index in [-0.39, 0.29) is 4.88 Å². The summed E-state index contributed by atoms with van der Waals surface area (Å²) in [4.78, 5) is 17.0. The Morgan fingerprint density at radius 2 is 2.00 bits per heavy atom. The Morgan fingerprint density at radius 1 is 1.23 bits per heavy atom. The number of aromatic carboxylic acids is 1. The Morgan fingerprint density at radius 3 is 2.64 bits per heavy atom. The molecule has 3 nitrogen and oxygen atoms in total. The first-order chi connectivity index (χ1) is 10.6. The van der Waals surface area contributed by atoms with Gasteiger partial charge in [-0.3, -0.25) is 0 Å². The number of benzene rings is 1. The number of rotatable bonds is 4. The smallest absolute Gasteiger partial charge is 0.117 e. The van der Waals surface area contributed by atoms with Crippen molar-refractivity contribution >= 4 is 56.7 Å². The lowest BCUT2D eigenvalue weighted by atomic mass is 10.1. The summed E-state index contributed by atoms with van der Waals surface area (Å²) in [6, 6.07) is 11.3. The molecule has 3 rings (SSSR count). The first-order valence-electron chi connectivity index (χ1n) is 6.33. The normalized spacial score (nSPS) is 11.1. The van der Waals surface area contributed by atoms with E-state index in [0.29, 0.717) is 10.7 Å². The summed E-state index contributed by atoms with van der Waals surface area (Å²) in [7, 11) is 0. The molecule has 0 N–H and O–H groups in total. The van der Waals surface area contributed by atoms with Crippen molar-refractivity contribution in [2.45, 2.75) is 0 Å². The molecule has 2 aromatic heterocycles. The van der Waals surface area contributed by atoms with Crippen molar-refractivity contribution in [3.8, 4) is 11.3 Å². The molecule has 0 saturated carbocycles. The van der Waals surface area contributed by atoms with Gasteiger partial charge >= 0.3 is 0 Å². The third kappa shape index (κ3) is 3.35. The van der Waals surface area contributed by atoms with Crippen LogP contribution in [0.5, 0.6) is 0 Å². The number of thiophene rings is 1. The second kappa shape index (κ2) is 6.56. The van der Waals surface area contributed by atoms with Gasteiger partial charge in [-0.15, -0.1) is 22.7 Å². The van der Waals surface area contributed by atoms with Crippen molar-refractivity contribution in [2.24, 2.45) is 0 Å². The summed E-state index contributed by atoms with van der Waals surface area (Å²) in [5.74, 6) is -1.20. The average molecular weight is 391 g/mol. The standard InChI is InChI=1S/C16H10BrNO2S2/c17-11-8-12(21-9-11)6-7-13-18-14(15(22-13)16(19)20)10-4-2-1-3-5-10/h1-9H,(H,19,20)/p-1/b7-6+. The highest BCUT2D eigenvalue weighted by molar-refractivity contribution is 9.10. The van der Waals surface area contributed by atoms with Gasteiger partial charge in [-0.25, -0.2) is 4.98 Å². The Kier molecular flexibility index (Phi) is 4.52. The third-order valence-corrected chi connectivity index (χ3v) is 5.51. The fourth-order valence-corrected chi connectivity index (χ4v) is 4.07. The summed E-state index contributed by atoms with van der Waals surface area (Å²) in [5.41, 5.74) is 1.23. The zero-order valence-corrected chi connectivity index (χ0v) is 14.4. The van der Waals surface area contributed by atoms with Crippen LogP contribution in [0.1, 0.15) is 19.6 Å². The van der Waals surface area contributed by atoms with Gasteiger partial charge in [0, 0.05) is 20.3 Å². The van der Waals surface area contributed by atoms with E-state index in [2.05, 4.69) is 20.9 Å². The van der Waals surface area contributed by atoms with E-state index in [9.17, 15) is 9.90 Å². The van der Waals surface area contributed by atoms with E-state index in [1.807, 2.05) is 53.9 Å². The fraction of sp³-hybridized carbons (Fsp3) is 0. The highest BCUT2D eigenvalue weighted by atomic mass is 79.9. The van der Waals surface area contributed by atoms with E-state index >= 15 is 0 Å². The molecule has 22 heavy (non-hydrogen) atoms. The molecule has 0 fully saturated rings. The molecule has 2 heterocycles. The van der Waals surface area contributed by atoms with Crippen molar-refractivity contribution in [1.29, 1.82) is 0 Å². The number of carboxylic acids is 1. The number of halogens is 1. The zero-order chi connectivity index (χ0) is 15.5. The van der Waals surface area contributed by atoms with Crippen LogP contribution in [0.25, 0.3) is 23.4 Å². The lowest BCUT2D eigenvalue weighted by molar-refractivity contribution is -0.254. The van der Waals surface area contributed by atoms with Crippen LogP contribution in [0.2, 0.25) is 0 Å². The van der Waals surface area contributed by atoms with Crippen LogP contribution in [-0.4, -0.2) is 11.0 Å². The van der Waals surface area contributed by atoms with Crippen LogP contribution in [0.4, 0.5) is 0 Å². The topological polar surface area (TPSA) is 53.0 Å². The minimum absolute atomic E-state index is 0.151. The Bertz CT molecular complexity index is 837. The van der Waals surface area contributed by atoms with Crippen LogP contribution in [0, 0.1) is 0 Å². The Labute approximate surface area is 143 Å². The predicted molar refractivity (Wildman–Crippen MR) is 92.8 cm³/mol. The molecule has 0 aliphatic heterocycles. The minimum Gasteiger partial charge on any atom is -0.544 e. The van der Waals surface area contributed by atoms with Crippen LogP contribution >= 0.6 is 38.6 Å². The van der Waals surface area contributed by atoms with Crippen LogP contribution in [-0.2, 0) is 0 Å². The van der Waals surface area contributed by atoms with Gasteiger partial charge in [-0.1, -0.05) is 30.3 Å². The van der Waals surface area contributed by atoms with Crippen molar-refractivity contribution in [1.82, 2.24) is 4.98 Å². The molecule has 0 saturated heterocycles. The van der Waals surface area contributed by atoms with Crippen molar-refractivity contribution < 1.29 is 9.90 Å². The van der Waals surface area contributed by atoms with Gasteiger partial charge in [0.25, 0.3) is 0 Å². The Hall–Kier alpha value is -1.76. The lowest BCUT2D eigenvalue weighted by Crippen LogP contribution is -2.21. The number of carboxylic acid groups (broad SMARTS) is 1. The van der Waals surface area contributed by atoms with Crippen molar-refractivity contribution in [3.63, 3.8) is 0 Å². The third-order valence-electron chi connectivity index (χ3n) is 2.85. The highest BCUT2D eigenvalue weighted by Crippen LogP contribution is 2.29. The van der Waals surface area contributed by atoms with E-state index in [4.69, 9.17) is 0 Å². The number of thiazole rings is 1. The largest absolute Gasteiger partial charge is 0.544 e. The number of hydrogen-bond acceptors (Lipinski definition) is 5.